The Morgan fingerprint density at radius 3 is 2.24 bits per heavy atom. The van der Waals surface area contributed by atoms with Crippen LogP contribution >= 0.6 is 23.2 Å². The molecule has 9 nitrogen and oxygen atoms in total. The summed E-state index contributed by atoms with van der Waals surface area (Å²) in [5.74, 6) is 0.0963. The second-order valence-corrected chi connectivity index (χ2v) is 26.7. The van der Waals surface area contributed by atoms with Crippen LogP contribution < -0.4 is 5.32 Å². The molecule has 5 rings (SSSR count). The molecule has 0 saturated heterocycles. The molecule has 2 aliphatic rings. The number of rotatable bonds is 10. The van der Waals surface area contributed by atoms with Crippen LogP contribution in [0.25, 0.3) is 0 Å². The second-order valence-electron chi connectivity index (χ2n) is 14.7. The van der Waals surface area contributed by atoms with Crippen LogP contribution in [0.2, 0.25) is 60.9 Å². The summed E-state index contributed by atoms with van der Waals surface area (Å²) >= 11 is 12.8. The summed E-state index contributed by atoms with van der Waals surface area (Å²) in [6.07, 6.45) is 4.57. The molecule has 1 saturated carbocycles. The van der Waals surface area contributed by atoms with Crippen LogP contribution in [-0.2, 0) is 11.3 Å². The zero-order valence-electron chi connectivity index (χ0n) is 27.0. The van der Waals surface area contributed by atoms with Crippen molar-refractivity contribution in [3.8, 4) is 0 Å². The van der Waals surface area contributed by atoms with Crippen LogP contribution in [0.4, 0.5) is 0 Å². The quantitative estimate of drug-likeness (QED) is 0.215. The average molecular weight is 685 g/mol. The van der Waals surface area contributed by atoms with Crippen molar-refractivity contribution in [1.82, 2.24) is 30.8 Å². The Kier molecular flexibility index (Phi) is 9.75. The van der Waals surface area contributed by atoms with Gasteiger partial charge in [0, 0.05) is 37.3 Å². The van der Waals surface area contributed by atoms with E-state index in [0.717, 1.165) is 43.7 Å². The van der Waals surface area contributed by atoms with Crippen LogP contribution in [0.5, 0.6) is 0 Å². The lowest BCUT2D eigenvalue weighted by Crippen LogP contribution is -2.51. The van der Waals surface area contributed by atoms with Gasteiger partial charge in [0.2, 0.25) is 0 Å². The van der Waals surface area contributed by atoms with Crippen molar-refractivity contribution in [2.45, 2.75) is 101 Å². The van der Waals surface area contributed by atoms with Gasteiger partial charge in [-0.2, -0.15) is 5.21 Å². The first-order valence-corrected chi connectivity index (χ1v) is 23.7. The predicted octanol–water partition coefficient (Wildman–Crippen LogP) is 7.52. The lowest BCUT2D eigenvalue weighted by atomic mass is 9.86. The molecule has 1 fully saturated rings. The molecule has 1 aromatic heterocycles. The van der Waals surface area contributed by atoms with E-state index in [9.17, 15) is 9.59 Å². The molecule has 2 heterocycles. The summed E-state index contributed by atoms with van der Waals surface area (Å²) in [6, 6.07) is 13.7. The number of nitrogens with zero attached hydrogens (tertiary/aromatic N) is 5. The first-order valence-electron chi connectivity index (χ1n) is 15.7. The Hall–Kier alpha value is -2.87. The standard InChI is InChI=1S/C32H43Cl2N7O2Si2/c1-44(2,3)16-13-27(21-7-9-22(10-8-21)30(42)35-20-28-37-39-40-38-28)41-31(43)29(23-17-24(33)19-25(34)18-23)36-32(41)14-11-26(12-15-32)45(4,5)6/h7-10,17-19,26-27H,11-16,20H2,1-6H3,(H,35,42)(H,37,38,39,40)/t26?,27-,32?/m1/s1. The van der Waals surface area contributed by atoms with Gasteiger partial charge in [0.1, 0.15) is 11.4 Å². The number of amides is 2. The number of H-pyrrole nitrogens is 1. The normalized spacial score (nSPS) is 21.2. The van der Waals surface area contributed by atoms with Crippen molar-refractivity contribution < 1.29 is 9.59 Å². The molecule has 3 aromatic rings. The molecule has 1 atom stereocenters. The summed E-state index contributed by atoms with van der Waals surface area (Å²) < 4.78 is 0. The minimum absolute atomic E-state index is 0.0812. The maximum atomic E-state index is 14.6. The summed E-state index contributed by atoms with van der Waals surface area (Å²) in [5, 5.41) is 17.5. The number of hydrogen-bond acceptors (Lipinski definition) is 6. The molecule has 0 unspecified atom stereocenters. The van der Waals surface area contributed by atoms with Gasteiger partial charge in [-0.25, -0.2) is 0 Å². The van der Waals surface area contributed by atoms with Crippen molar-refractivity contribution in [2.24, 2.45) is 4.99 Å². The number of nitrogens with one attached hydrogen (secondary N) is 2. The number of tetrazole rings is 1. The molecular formula is C32H43Cl2N7O2Si2. The first kappa shape index (κ1) is 33.5. The average Bonchev–Trinajstić information content (AvgIpc) is 3.58. The maximum Gasteiger partial charge on any atom is 0.275 e. The number of carbonyl (C=O) groups is 2. The van der Waals surface area contributed by atoms with E-state index in [4.69, 9.17) is 28.2 Å². The summed E-state index contributed by atoms with van der Waals surface area (Å²) in [7, 11) is -2.84. The topological polar surface area (TPSA) is 116 Å². The molecule has 0 bridgehead atoms. The van der Waals surface area contributed by atoms with E-state index in [0.29, 0.717) is 38.2 Å². The lowest BCUT2D eigenvalue weighted by molar-refractivity contribution is -0.132. The molecule has 0 radical (unpaired) electrons. The van der Waals surface area contributed by atoms with Gasteiger partial charge >= 0.3 is 0 Å². The van der Waals surface area contributed by atoms with Gasteiger partial charge in [0.05, 0.1) is 12.6 Å². The molecule has 1 aliphatic heterocycles. The van der Waals surface area contributed by atoms with Gasteiger partial charge in [-0.15, -0.1) is 10.2 Å². The number of halogens is 2. The van der Waals surface area contributed by atoms with Crippen LogP contribution in [0.3, 0.4) is 0 Å². The third kappa shape index (κ3) is 7.75. The fourth-order valence-electron chi connectivity index (χ4n) is 6.61. The van der Waals surface area contributed by atoms with Crippen LogP contribution in [0.1, 0.15) is 65.5 Å². The van der Waals surface area contributed by atoms with Crippen LogP contribution in [0.15, 0.2) is 47.5 Å². The minimum Gasteiger partial charge on any atom is -0.345 e. The van der Waals surface area contributed by atoms with E-state index in [1.807, 2.05) is 24.3 Å². The smallest absolute Gasteiger partial charge is 0.275 e. The highest BCUT2D eigenvalue weighted by Gasteiger charge is 2.53. The Morgan fingerprint density at radius 2 is 1.69 bits per heavy atom. The first-order chi connectivity index (χ1) is 21.1. The van der Waals surface area contributed by atoms with Gasteiger partial charge in [-0.1, -0.05) is 85.9 Å². The zero-order valence-corrected chi connectivity index (χ0v) is 30.5. The van der Waals surface area contributed by atoms with E-state index >= 15 is 0 Å². The fraction of sp³-hybridized carbons (Fsp3) is 0.500. The largest absolute Gasteiger partial charge is 0.345 e. The van der Waals surface area contributed by atoms with E-state index < -0.39 is 21.8 Å². The molecule has 2 N–H and O–H groups in total. The molecule has 2 amide bonds. The van der Waals surface area contributed by atoms with Crippen LogP contribution in [-0.4, -0.2) is 64.9 Å². The molecular weight excluding hydrogens is 641 g/mol. The number of aromatic nitrogens is 4. The fourth-order valence-corrected chi connectivity index (χ4v) is 10.3. The van der Waals surface area contributed by atoms with Crippen LogP contribution in [0, 0.1) is 0 Å². The number of hydrogen-bond donors (Lipinski definition) is 2. The van der Waals surface area contributed by atoms with Gasteiger partial charge in [0.15, 0.2) is 5.82 Å². The summed E-state index contributed by atoms with van der Waals surface area (Å²) in [5.41, 5.74) is 2.66. The number of carbonyl (C=O) groups excluding carboxylic acids is 2. The van der Waals surface area contributed by atoms with E-state index in [2.05, 4.69) is 70.1 Å². The van der Waals surface area contributed by atoms with Gasteiger partial charge in [0.25, 0.3) is 11.8 Å². The van der Waals surface area contributed by atoms with Gasteiger partial charge in [-0.3, -0.25) is 14.6 Å². The highest BCUT2D eigenvalue weighted by Crippen LogP contribution is 2.50. The Bertz CT molecular complexity index is 1540. The number of aliphatic imine (C=N–C) groups is 1. The van der Waals surface area contributed by atoms with Gasteiger partial charge in [-0.05, 0) is 73.5 Å². The van der Waals surface area contributed by atoms with Crippen molar-refractivity contribution >= 4 is 56.9 Å². The number of benzene rings is 2. The minimum atomic E-state index is -1.47. The number of aromatic amines is 1. The molecule has 240 valence electrons. The lowest BCUT2D eigenvalue weighted by Gasteiger charge is -2.47. The van der Waals surface area contributed by atoms with Crippen molar-refractivity contribution in [3.05, 3.63) is 75.0 Å². The highest BCUT2D eigenvalue weighted by atomic mass is 35.5. The highest BCUT2D eigenvalue weighted by molar-refractivity contribution is 6.77. The van der Waals surface area contributed by atoms with Gasteiger partial charge < -0.3 is 10.2 Å². The second kappa shape index (κ2) is 13.1. The Balaban J connectivity index is 1.51. The Labute approximate surface area is 277 Å². The van der Waals surface area contributed by atoms with Crippen molar-refractivity contribution in [1.29, 1.82) is 0 Å². The summed E-state index contributed by atoms with van der Waals surface area (Å²) in [6.45, 7) is 14.6. The molecule has 2 aromatic carbocycles. The van der Waals surface area contributed by atoms with Crippen molar-refractivity contribution in [3.63, 3.8) is 0 Å². The SMILES string of the molecule is C[Si](C)(C)CC[C@H](c1ccc(C(=O)NCc2nn[nH]n2)cc1)N1C(=O)C(c2cc(Cl)cc(Cl)c2)=NC12CCC([Si](C)(C)C)CC2. The van der Waals surface area contributed by atoms with E-state index in [-0.39, 0.29) is 24.4 Å². The molecule has 13 heteroatoms. The third-order valence-corrected chi connectivity index (χ3v) is 14.4. The maximum absolute atomic E-state index is 14.6. The molecule has 1 spiro atoms. The molecule has 1 aliphatic carbocycles. The van der Waals surface area contributed by atoms with E-state index in [1.54, 1.807) is 18.2 Å². The molecule has 45 heavy (non-hydrogen) atoms. The van der Waals surface area contributed by atoms with E-state index in [1.165, 1.54) is 0 Å². The predicted molar refractivity (Wildman–Crippen MR) is 185 cm³/mol. The zero-order chi connectivity index (χ0) is 32.6. The Morgan fingerprint density at radius 1 is 1.04 bits per heavy atom. The monoisotopic (exact) mass is 683 g/mol. The summed E-state index contributed by atoms with van der Waals surface area (Å²) in [4.78, 5) is 34.9. The third-order valence-electron chi connectivity index (χ3n) is 9.17. The van der Waals surface area contributed by atoms with Crippen molar-refractivity contribution in [2.75, 3.05) is 0 Å².